The van der Waals surface area contributed by atoms with Gasteiger partial charge in [-0.2, -0.15) is 0 Å². The number of nitrogens with one attached hydrogen (secondary N) is 4. The van der Waals surface area contributed by atoms with E-state index in [1.165, 1.54) is 24.2 Å². The van der Waals surface area contributed by atoms with Crippen molar-refractivity contribution in [2.24, 2.45) is 11.8 Å². The first-order valence-corrected chi connectivity index (χ1v) is 27.3. The number of para-hydroxylation sites is 1. The number of aromatic nitrogens is 2. The van der Waals surface area contributed by atoms with Gasteiger partial charge in [0.05, 0.1) is 28.0 Å². The molecule has 2 aromatic heterocycles. The summed E-state index contributed by atoms with van der Waals surface area (Å²) in [5.74, 6) is -0.647. The Labute approximate surface area is 442 Å². The van der Waals surface area contributed by atoms with Crippen molar-refractivity contribution < 1.29 is 29.0 Å². The molecule has 5 heterocycles. The maximum atomic E-state index is 13.7. The number of carboxylic acid groups (broad SMARTS) is 1. The number of carbonyl (C=O) groups excluding carboxylic acids is 3. The summed E-state index contributed by atoms with van der Waals surface area (Å²) in [5, 5.41) is 28.6. The first kappa shape index (κ1) is 51.3. The Kier molecular flexibility index (Phi) is 15.0. The molecule has 4 aliphatic rings. The zero-order valence-electron chi connectivity index (χ0n) is 43.3. The van der Waals surface area contributed by atoms with Gasteiger partial charge in [0, 0.05) is 79.8 Å². The van der Waals surface area contributed by atoms with E-state index in [1.807, 2.05) is 97.7 Å². The fourth-order valence-corrected chi connectivity index (χ4v) is 12.7. The molecule has 10 rings (SSSR count). The number of imide groups is 1. The smallest absolute Gasteiger partial charge is 0.355 e. The average Bonchev–Trinajstić information content (AvgIpc) is 3.82. The van der Waals surface area contributed by atoms with Crippen LogP contribution in [0.5, 0.6) is 5.75 Å². The summed E-state index contributed by atoms with van der Waals surface area (Å²) in [6, 6.07) is 29.3. The molecule has 0 spiro atoms. The number of carbonyl (C=O) groups is 4. The van der Waals surface area contributed by atoms with Gasteiger partial charge in [-0.15, -0.1) is 0 Å². The number of anilines is 4. The molecule has 1 saturated carbocycles. The van der Waals surface area contributed by atoms with Gasteiger partial charge in [-0.25, -0.2) is 14.8 Å². The fourth-order valence-electron chi connectivity index (χ4n) is 11.8. The first-order chi connectivity index (χ1) is 36.2. The number of benzene rings is 4. The third-order valence-electron chi connectivity index (χ3n) is 15.9. The predicted octanol–water partition coefficient (Wildman–Crippen LogP) is 10.4. The van der Waals surface area contributed by atoms with Crippen LogP contribution in [0.25, 0.3) is 21.3 Å². The number of carboxylic acids is 1. The van der Waals surface area contributed by atoms with Crippen molar-refractivity contribution in [3.05, 3.63) is 125 Å². The van der Waals surface area contributed by atoms with Crippen LogP contribution in [0.2, 0.25) is 0 Å². The van der Waals surface area contributed by atoms with Crippen LogP contribution in [0.3, 0.4) is 0 Å². The summed E-state index contributed by atoms with van der Waals surface area (Å²) in [6.07, 6.45) is 9.17. The molecule has 2 saturated heterocycles. The van der Waals surface area contributed by atoms with Gasteiger partial charge >= 0.3 is 5.97 Å². The number of fused-ring (bicyclic) bond motifs is 2. The highest BCUT2D eigenvalue weighted by molar-refractivity contribution is 7.22. The van der Waals surface area contributed by atoms with Crippen molar-refractivity contribution >= 4 is 73.3 Å². The molecule has 0 bridgehead atoms. The Balaban J connectivity index is 0.699. The SMILES string of the molecule is CNc1cc(N2CCN(CCCC[C@H]3CC[C@H](Oc4cccc(-c5ccc(N6CCc7cccc(C(=O)Nc8nc9ccccc9s8)c7C6)nc5C(=O)O)c4C)CC3)CC2(C)C)ccc1C(=N)C1CCC(=O)NC1=O. The Hall–Kier alpha value is -7.17. The number of piperidine rings is 1. The van der Waals surface area contributed by atoms with Gasteiger partial charge in [0.2, 0.25) is 11.8 Å². The molecule has 75 heavy (non-hydrogen) atoms. The lowest BCUT2D eigenvalue weighted by Gasteiger charge is -2.49. The molecule has 1 unspecified atom stereocenters. The van der Waals surface area contributed by atoms with E-state index in [9.17, 15) is 24.3 Å². The van der Waals surface area contributed by atoms with Gasteiger partial charge in [-0.1, -0.05) is 60.6 Å². The molecular weight excluding hydrogens is 963 g/mol. The minimum absolute atomic E-state index is 0.0224. The summed E-state index contributed by atoms with van der Waals surface area (Å²) in [5.41, 5.74) is 8.28. The normalized spacial score (nSPS) is 19.8. The Morgan fingerprint density at radius 2 is 1.69 bits per heavy atom. The van der Waals surface area contributed by atoms with Crippen molar-refractivity contribution in [1.29, 1.82) is 5.41 Å². The maximum Gasteiger partial charge on any atom is 0.355 e. The van der Waals surface area contributed by atoms with E-state index in [4.69, 9.17) is 15.1 Å². The fraction of sp³-hybridized carbons (Fsp3) is 0.407. The van der Waals surface area contributed by atoms with Crippen LogP contribution in [0.15, 0.2) is 91.0 Å². The number of unbranched alkanes of at least 4 members (excludes halogenated alkanes) is 1. The third kappa shape index (κ3) is 11.1. The van der Waals surface area contributed by atoms with Crippen LogP contribution in [-0.2, 0) is 22.6 Å². The minimum atomic E-state index is -1.10. The van der Waals surface area contributed by atoms with Crippen LogP contribution in [0.4, 0.5) is 22.3 Å². The molecule has 16 heteroatoms. The maximum absolute atomic E-state index is 13.7. The number of thiazole rings is 1. The number of amides is 3. The summed E-state index contributed by atoms with van der Waals surface area (Å²) < 4.78 is 7.70. The van der Waals surface area contributed by atoms with Crippen molar-refractivity contribution in [3.8, 4) is 16.9 Å². The zero-order chi connectivity index (χ0) is 52.4. The number of nitrogens with zero attached hydrogens (tertiary/aromatic N) is 5. The molecule has 3 amide bonds. The lowest BCUT2D eigenvalue weighted by Crippen LogP contribution is -2.59. The number of rotatable bonds is 16. The topological polar surface area (TPSA) is 193 Å². The molecule has 390 valence electrons. The summed E-state index contributed by atoms with van der Waals surface area (Å²) >= 11 is 1.44. The highest BCUT2D eigenvalue weighted by Gasteiger charge is 2.36. The van der Waals surface area contributed by atoms with E-state index in [0.717, 1.165) is 108 Å². The van der Waals surface area contributed by atoms with E-state index in [-0.39, 0.29) is 41.3 Å². The van der Waals surface area contributed by atoms with Gasteiger partial charge in [0.15, 0.2) is 10.8 Å². The molecule has 6 aromatic rings. The lowest BCUT2D eigenvalue weighted by atomic mass is 9.84. The Bertz CT molecular complexity index is 3130. The number of hydrogen-bond acceptors (Lipinski definition) is 13. The highest BCUT2D eigenvalue weighted by Crippen LogP contribution is 2.38. The van der Waals surface area contributed by atoms with Gasteiger partial charge in [0.1, 0.15) is 11.6 Å². The molecule has 3 fully saturated rings. The standard InChI is InChI=1S/C59H67N9O6S/c1-36-41(42-24-26-51(63-54(42)57(72)73)67-30-28-38-12-9-14-43(46(38)34-67)55(70)65-58-62-47-15-5-6-17-50(47)75-58)13-10-16-49(36)74-40-21-18-37(19-22-40)11-7-8-29-66-31-32-68(59(2,3)35-66)39-20-23-44(48(33-39)61-4)53(60)45-25-27-52(69)64-56(45)71/h5-6,9-10,12-17,20,23-24,26,33,37,40,45,60-61H,7-8,11,18-19,21-22,25,27-32,34-35H2,1-4H3,(H,72,73)(H,62,65,70)(H,64,69,71)/t37-,40-,45?. The second-order valence-electron chi connectivity index (χ2n) is 21.2. The third-order valence-corrected chi connectivity index (χ3v) is 16.8. The number of piperazine rings is 1. The molecule has 1 atom stereocenters. The first-order valence-electron chi connectivity index (χ1n) is 26.5. The summed E-state index contributed by atoms with van der Waals surface area (Å²) in [6.45, 7) is 11.5. The van der Waals surface area contributed by atoms with Crippen molar-refractivity contribution in [2.75, 3.05) is 60.2 Å². The van der Waals surface area contributed by atoms with E-state index in [0.29, 0.717) is 59.5 Å². The molecule has 0 radical (unpaired) electrons. The van der Waals surface area contributed by atoms with Crippen molar-refractivity contribution in [1.82, 2.24) is 20.2 Å². The van der Waals surface area contributed by atoms with E-state index in [1.54, 1.807) is 0 Å². The quantitative estimate of drug-likeness (QED) is 0.0351. The summed E-state index contributed by atoms with van der Waals surface area (Å²) in [4.78, 5) is 67.3. The molecule has 1 aliphatic carbocycles. The minimum Gasteiger partial charge on any atom is -0.490 e. The molecule has 3 aliphatic heterocycles. The molecule has 4 aromatic carbocycles. The van der Waals surface area contributed by atoms with Crippen LogP contribution in [-0.4, -0.2) is 101 Å². The lowest BCUT2D eigenvalue weighted by molar-refractivity contribution is -0.134. The number of hydrogen-bond donors (Lipinski definition) is 5. The number of ether oxygens (including phenoxy) is 1. The highest BCUT2D eigenvalue weighted by atomic mass is 32.1. The van der Waals surface area contributed by atoms with E-state index >= 15 is 0 Å². The van der Waals surface area contributed by atoms with Crippen molar-refractivity contribution in [3.63, 3.8) is 0 Å². The van der Waals surface area contributed by atoms with Gasteiger partial charge < -0.3 is 30.4 Å². The number of aromatic carboxylic acids is 1. The van der Waals surface area contributed by atoms with Gasteiger partial charge in [0.25, 0.3) is 5.91 Å². The largest absolute Gasteiger partial charge is 0.490 e. The van der Waals surface area contributed by atoms with Crippen LogP contribution >= 0.6 is 11.3 Å². The van der Waals surface area contributed by atoms with Crippen LogP contribution < -0.4 is 30.5 Å². The zero-order valence-corrected chi connectivity index (χ0v) is 44.2. The summed E-state index contributed by atoms with van der Waals surface area (Å²) in [7, 11) is 1.84. The van der Waals surface area contributed by atoms with E-state index < -0.39 is 17.8 Å². The Morgan fingerprint density at radius 3 is 2.47 bits per heavy atom. The monoisotopic (exact) mass is 1030 g/mol. The molecule has 5 N–H and O–H groups in total. The molecule has 15 nitrogen and oxygen atoms in total. The second kappa shape index (κ2) is 22.0. The average molecular weight is 1030 g/mol. The molecular formula is C59H67N9O6S. The Morgan fingerprint density at radius 1 is 0.880 bits per heavy atom. The predicted molar refractivity (Wildman–Crippen MR) is 297 cm³/mol. The van der Waals surface area contributed by atoms with Crippen molar-refractivity contribution in [2.45, 2.75) is 103 Å². The van der Waals surface area contributed by atoms with Crippen LogP contribution in [0.1, 0.15) is 115 Å². The van der Waals surface area contributed by atoms with Crippen LogP contribution in [0, 0.1) is 24.2 Å². The van der Waals surface area contributed by atoms with Gasteiger partial charge in [-0.3, -0.25) is 29.9 Å². The number of pyridine rings is 1. The van der Waals surface area contributed by atoms with E-state index in [2.05, 4.69) is 56.7 Å². The van der Waals surface area contributed by atoms with Gasteiger partial charge in [-0.05, 0) is 155 Å². The second-order valence-corrected chi connectivity index (χ2v) is 22.3.